The summed E-state index contributed by atoms with van der Waals surface area (Å²) in [5, 5.41) is 3.09. The summed E-state index contributed by atoms with van der Waals surface area (Å²) < 4.78 is 18.9. The molecule has 1 fully saturated rings. The Bertz CT molecular complexity index is 934. The van der Waals surface area contributed by atoms with Crippen molar-refractivity contribution in [2.45, 2.75) is 13.3 Å². The number of para-hydroxylation sites is 1. The van der Waals surface area contributed by atoms with E-state index in [9.17, 15) is 18.8 Å². The van der Waals surface area contributed by atoms with E-state index in [-0.39, 0.29) is 24.6 Å². The van der Waals surface area contributed by atoms with Crippen molar-refractivity contribution in [3.05, 3.63) is 58.9 Å². The highest BCUT2D eigenvalue weighted by Crippen LogP contribution is 2.28. The molecule has 8 heteroatoms. The van der Waals surface area contributed by atoms with Crippen molar-refractivity contribution in [2.24, 2.45) is 5.92 Å². The van der Waals surface area contributed by atoms with E-state index in [0.717, 1.165) is 5.56 Å². The molecule has 28 heavy (non-hydrogen) atoms. The maximum atomic E-state index is 13.9. The minimum atomic E-state index is -0.757. The lowest BCUT2D eigenvalue weighted by Gasteiger charge is -2.17. The number of halogens is 2. The molecule has 0 aliphatic carbocycles. The Morgan fingerprint density at radius 3 is 2.79 bits per heavy atom. The highest BCUT2D eigenvalue weighted by atomic mass is 35.5. The molecule has 1 saturated heterocycles. The molecule has 1 aliphatic rings. The molecular formula is C20H18ClFN2O4. The number of esters is 1. The molecule has 0 bridgehead atoms. The number of benzene rings is 2. The average Bonchev–Trinajstić information content (AvgIpc) is 3.05. The van der Waals surface area contributed by atoms with Gasteiger partial charge >= 0.3 is 5.97 Å². The number of aryl methyl sites for hydroxylation is 1. The van der Waals surface area contributed by atoms with Crippen LogP contribution in [-0.4, -0.2) is 30.9 Å². The largest absolute Gasteiger partial charge is 0.455 e. The molecule has 0 spiro atoms. The summed E-state index contributed by atoms with van der Waals surface area (Å²) in [6.45, 7) is 1.32. The Labute approximate surface area is 166 Å². The van der Waals surface area contributed by atoms with Crippen LogP contribution in [0.3, 0.4) is 0 Å². The molecule has 1 aliphatic heterocycles. The van der Waals surface area contributed by atoms with Gasteiger partial charge in [-0.05, 0) is 36.8 Å². The Morgan fingerprint density at radius 1 is 1.29 bits per heavy atom. The zero-order valence-electron chi connectivity index (χ0n) is 15.1. The van der Waals surface area contributed by atoms with E-state index in [0.29, 0.717) is 10.7 Å². The number of hydrogen-bond donors (Lipinski definition) is 1. The molecule has 0 aromatic heterocycles. The van der Waals surface area contributed by atoms with Gasteiger partial charge in [0.05, 0.1) is 11.6 Å². The Balaban J connectivity index is 1.55. The fourth-order valence-electron chi connectivity index (χ4n) is 2.94. The first-order valence-electron chi connectivity index (χ1n) is 8.62. The van der Waals surface area contributed by atoms with Crippen LogP contribution in [0, 0.1) is 18.7 Å². The molecule has 0 saturated carbocycles. The molecule has 2 amide bonds. The summed E-state index contributed by atoms with van der Waals surface area (Å²) in [4.78, 5) is 37.6. The van der Waals surface area contributed by atoms with Crippen molar-refractivity contribution < 1.29 is 23.5 Å². The summed E-state index contributed by atoms with van der Waals surface area (Å²) >= 11 is 5.90. The number of anilines is 2. The first kappa shape index (κ1) is 19.8. The second-order valence-corrected chi connectivity index (χ2v) is 6.91. The number of nitrogens with one attached hydrogen (secondary N) is 1. The number of nitrogens with zero attached hydrogens (tertiary/aromatic N) is 1. The van der Waals surface area contributed by atoms with Crippen LogP contribution in [0.25, 0.3) is 0 Å². The fraction of sp³-hybridized carbons (Fsp3) is 0.250. The van der Waals surface area contributed by atoms with Gasteiger partial charge in [-0.3, -0.25) is 14.4 Å². The second-order valence-electron chi connectivity index (χ2n) is 6.47. The van der Waals surface area contributed by atoms with E-state index in [1.165, 1.54) is 23.1 Å². The SMILES string of the molecule is Cc1ccc(Cl)cc1NC(=O)COC(=O)[C@H]1CC(=O)N(c2ccccc2F)C1. The number of carbonyl (C=O) groups excluding carboxylic acids is 3. The minimum Gasteiger partial charge on any atom is -0.455 e. The highest BCUT2D eigenvalue weighted by Gasteiger charge is 2.37. The highest BCUT2D eigenvalue weighted by molar-refractivity contribution is 6.31. The van der Waals surface area contributed by atoms with Crippen molar-refractivity contribution in [3.8, 4) is 0 Å². The van der Waals surface area contributed by atoms with Gasteiger partial charge in [-0.25, -0.2) is 4.39 Å². The number of amides is 2. The van der Waals surface area contributed by atoms with Crippen molar-refractivity contribution in [1.29, 1.82) is 0 Å². The Kier molecular flexibility index (Phi) is 5.94. The van der Waals surface area contributed by atoms with E-state index in [1.807, 2.05) is 0 Å². The van der Waals surface area contributed by atoms with Crippen molar-refractivity contribution in [3.63, 3.8) is 0 Å². The van der Waals surface area contributed by atoms with E-state index in [1.54, 1.807) is 31.2 Å². The van der Waals surface area contributed by atoms with Gasteiger partial charge in [0, 0.05) is 23.7 Å². The Hall–Kier alpha value is -2.93. The number of rotatable bonds is 5. The predicted molar refractivity (Wildman–Crippen MR) is 103 cm³/mol. The van der Waals surface area contributed by atoms with Gasteiger partial charge in [0.1, 0.15) is 5.82 Å². The molecule has 1 heterocycles. The minimum absolute atomic E-state index is 0.00756. The number of carbonyl (C=O) groups is 3. The Morgan fingerprint density at radius 2 is 2.04 bits per heavy atom. The molecule has 0 radical (unpaired) electrons. The molecule has 2 aromatic carbocycles. The topological polar surface area (TPSA) is 75.7 Å². The van der Waals surface area contributed by atoms with Crippen LogP contribution in [-0.2, 0) is 19.1 Å². The molecular weight excluding hydrogens is 387 g/mol. The van der Waals surface area contributed by atoms with Crippen molar-refractivity contribution >= 4 is 40.8 Å². The third kappa shape index (κ3) is 4.48. The molecule has 0 unspecified atom stereocenters. The van der Waals surface area contributed by atoms with Gasteiger partial charge in [-0.1, -0.05) is 29.8 Å². The standard InChI is InChI=1S/C20H18ClFN2O4/c1-12-6-7-14(21)9-16(12)23-18(25)11-28-20(27)13-8-19(26)24(10-13)17-5-3-2-4-15(17)22/h2-7,9,13H,8,10-11H2,1H3,(H,23,25)/t13-/m0/s1. The summed E-state index contributed by atoms with van der Waals surface area (Å²) in [6.07, 6.45) is -0.0951. The third-order valence-electron chi connectivity index (χ3n) is 4.42. The molecule has 146 valence electrons. The van der Waals surface area contributed by atoms with Crippen LogP contribution >= 0.6 is 11.6 Å². The van der Waals surface area contributed by atoms with Gasteiger partial charge in [0.2, 0.25) is 5.91 Å². The molecule has 6 nitrogen and oxygen atoms in total. The monoisotopic (exact) mass is 404 g/mol. The summed E-state index contributed by atoms with van der Waals surface area (Å²) in [6, 6.07) is 10.9. The maximum Gasteiger partial charge on any atom is 0.311 e. The second kappa shape index (κ2) is 8.39. The first-order chi connectivity index (χ1) is 13.3. The molecule has 2 aromatic rings. The molecule has 1 atom stereocenters. The van der Waals surface area contributed by atoms with Crippen LogP contribution in [0.1, 0.15) is 12.0 Å². The number of ether oxygens (including phenoxy) is 1. The predicted octanol–water partition coefficient (Wildman–Crippen LogP) is 3.32. The zero-order chi connectivity index (χ0) is 20.3. The van der Waals surface area contributed by atoms with E-state index in [2.05, 4.69) is 5.32 Å². The van der Waals surface area contributed by atoms with Crippen LogP contribution in [0.15, 0.2) is 42.5 Å². The van der Waals surface area contributed by atoms with Crippen LogP contribution in [0.2, 0.25) is 5.02 Å². The smallest absolute Gasteiger partial charge is 0.311 e. The van der Waals surface area contributed by atoms with E-state index >= 15 is 0 Å². The lowest BCUT2D eigenvalue weighted by atomic mass is 10.1. The van der Waals surface area contributed by atoms with Crippen LogP contribution in [0.5, 0.6) is 0 Å². The number of hydrogen-bond acceptors (Lipinski definition) is 4. The van der Waals surface area contributed by atoms with Gasteiger partial charge in [-0.2, -0.15) is 0 Å². The average molecular weight is 405 g/mol. The quantitative estimate of drug-likeness (QED) is 0.776. The molecule has 1 N–H and O–H groups in total. The first-order valence-corrected chi connectivity index (χ1v) is 9.00. The van der Waals surface area contributed by atoms with Gasteiger partial charge in [0.25, 0.3) is 5.91 Å². The zero-order valence-corrected chi connectivity index (χ0v) is 15.8. The van der Waals surface area contributed by atoms with E-state index < -0.39 is 30.2 Å². The maximum absolute atomic E-state index is 13.9. The normalized spacial score (nSPS) is 16.2. The van der Waals surface area contributed by atoms with Crippen LogP contribution < -0.4 is 10.2 Å². The summed E-state index contributed by atoms with van der Waals surface area (Å²) in [5.41, 5.74) is 1.46. The van der Waals surface area contributed by atoms with Gasteiger partial charge in [0.15, 0.2) is 6.61 Å². The van der Waals surface area contributed by atoms with E-state index in [4.69, 9.17) is 16.3 Å². The fourth-order valence-corrected chi connectivity index (χ4v) is 3.11. The molecule has 3 rings (SSSR count). The third-order valence-corrected chi connectivity index (χ3v) is 4.66. The van der Waals surface area contributed by atoms with Crippen LogP contribution in [0.4, 0.5) is 15.8 Å². The van der Waals surface area contributed by atoms with Gasteiger partial charge < -0.3 is 15.0 Å². The lowest BCUT2D eigenvalue weighted by Crippen LogP contribution is -2.28. The summed E-state index contributed by atoms with van der Waals surface area (Å²) in [7, 11) is 0. The summed E-state index contributed by atoms with van der Waals surface area (Å²) in [5.74, 6) is -2.86. The lowest BCUT2D eigenvalue weighted by molar-refractivity contribution is -0.151. The van der Waals surface area contributed by atoms with Crippen molar-refractivity contribution in [1.82, 2.24) is 0 Å². The van der Waals surface area contributed by atoms with Crippen molar-refractivity contribution in [2.75, 3.05) is 23.4 Å². The van der Waals surface area contributed by atoms with Gasteiger partial charge in [-0.15, -0.1) is 0 Å².